The van der Waals surface area contributed by atoms with E-state index < -0.39 is 0 Å². The largest absolute Gasteiger partial charge is 0.264 e. The van der Waals surface area contributed by atoms with Gasteiger partial charge in [-0.3, -0.25) is 4.68 Å². The summed E-state index contributed by atoms with van der Waals surface area (Å²) in [4.78, 5) is 4.16. The highest BCUT2D eigenvalue weighted by Gasteiger charge is 2.13. The van der Waals surface area contributed by atoms with Crippen LogP contribution in [0, 0.1) is 24.5 Å². The lowest BCUT2D eigenvalue weighted by Crippen LogP contribution is -1.87. The number of aryl methyl sites for hydroxylation is 2. The minimum Gasteiger partial charge on any atom is -0.264 e. The van der Waals surface area contributed by atoms with E-state index in [0.29, 0.717) is 22.1 Å². The molecule has 2 rings (SSSR count). The Morgan fingerprint density at radius 2 is 2.36 bits per heavy atom. The van der Waals surface area contributed by atoms with Gasteiger partial charge in [0.15, 0.2) is 5.01 Å². The lowest BCUT2D eigenvalue weighted by molar-refractivity contribution is 0.764. The van der Waals surface area contributed by atoms with Gasteiger partial charge in [0.25, 0.3) is 0 Å². The molecule has 0 saturated heterocycles. The summed E-state index contributed by atoms with van der Waals surface area (Å²) in [7, 11) is 1.72. The maximum Gasteiger partial charge on any atom is 0.165 e. The molecule has 1 radical (unpaired) electrons. The summed E-state index contributed by atoms with van der Waals surface area (Å²) >= 11 is 1.24. The zero-order valence-electron chi connectivity index (χ0n) is 7.64. The molecule has 2 aromatic heterocycles. The van der Waals surface area contributed by atoms with Gasteiger partial charge >= 0.3 is 0 Å². The third kappa shape index (κ3) is 1.38. The highest BCUT2D eigenvalue weighted by atomic mass is 32.1. The van der Waals surface area contributed by atoms with Crippen LogP contribution in [0.1, 0.15) is 11.4 Å². The zero-order chi connectivity index (χ0) is 10.1. The maximum atomic E-state index is 8.82. The van der Waals surface area contributed by atoms with Crippen molar-refractivity contribution >= 4 is 11.5 Å². The second kappa shape index (κ2) is 3.20. The first-order valence-electron chi connectivity index (χ1n) is 3.88. The lowest BCUT2D eigenvalue weighted by Gasteiger charge is -1.86. The molecule has 6 heteroatoms. The SMILES string of the molecule is Cc1nsc(-c2nn(C)[c]c2C#N)n1. The van der Waals surface area contributed by atoms with E-state index in [-0.39, 0.29) is 0 Å². The molecule has 0 fully saturated rings. The Kier molecular flexibility index (Phi) is 2.02. The van der Waals surface area contributed by atoms with E-state index in [4.69, 9.17) is 5.26 Å². The van der Waals surface area contributed by atoms with Crippen LogP contribution in [0.25, 0.3) is 10.7 Å². The summed E-state index contributed by atoms with van der Waals surface area (Å²) in [6.45, 7) is 1.80. The first-order chi connectivity index (χ1) is 6.70. The van der Waals surface area contributed by atoms with Crippen molar-refractivity contribution in [2.45, 2.75) is 6.92 Å². The summed E-state index contributed by atoms with van der Waals surface area (Å²) < 4.78 is 5.51. The van der Waals surface area contributed by atoms with Crippen molar-refractivity contribution in [1.29, 1.82) is 5.26 Å². The van der Waals surface area contributed by atoms with Crippen molar-refractivity contribution in [1.82, 2.24) is 19.1 Å². The molecular weight excluding hydrogens is 198 g/mol. The lowest BCUT2D eigenvalue weighted by atomic mass is 10.3. The third-order valence-corrected chi connectivity index (χ3v) is 2.42. The van der Waals surface area contributed by atoms with Crippen molar-refractivity contribution in [3.8, 4) is 16.8 Å². The first-order valence-corrected chi connectivity index (χ1v) is 4.65. The maximum absolute atomic E-state index is 8.82. The van der Waals surface area contributed by atoms with Crippen LogP contribution in [0.5, 0.6) is 0 Å². The average molecular weight is 204 g/mol. The molecule has 0 saturated carbocycles. The van der Waals surface area contributed by atoms with Gasteiger partial charge in [-0.2, -0.15) is 14.7 Å². The molecule has 0 spiro atoms. The Bertz CT molecular complexity index is 504. The van der Waals surface area contributed by atoms with Crippen molar-refractivity contribution in [2.24, 2.45) is 7.05 Å². The molecule has 2 heterocycles. The van der Waals surface area contributed by atoms with E-state index >= 15 is 0 Å². The molecule has 0 aliphatic rings. The number of nitrogens with zero attached hydrogens (tertiary/aromatic N) is 5. The zero-order valence-corrected chi connectivity index (χ0v) is 8.46. The van der Waals surface area contributed by atoms with E-state index in [2.05, 4.69) is 20.7 Å². The van der Waals surface area contributed by atoms with Gasteiger partial charge in [-0.05, 0) is 18.5 Å². The highest BCUT2D eigenvalue weighted by molar-refractivity contribution is 7.09. The molecule has 0 atom stereocenters. The molecule has 0 aliphatic heterocycles. The Morgan fingerprint density at radius 3 is 2.93 bits per heavy atom. The number of hydrogen-bond donors (Lipinski definition) is 0. The molecule has 14 heavy (non-hydrogen) atoms. The molecule has 2 aromatic rings. The first kappa shape index (κ1) is 8.84. The van der Waals surface area contributed by atoms with Crippen LogP contribution in [0.3, 0.4) is 0 Å². The summed E-state index contributed by atoms with van der Waals surface area (Å²) in [6.07, 6.45) is 2.79. The third-order valence-electron chi connectivity index (χ3n) is 1.60. The van der Waals surface area contributed by atoms with E-state index in [0.717, 1.165) is 0 Å². The fourth-order valence-corrected chi connectivity index (χ4v) is 1.72. The second-order valence-corrected chi connectivity index (χ2v) is 3.47. The van der Waals surface area contributed by atoms with Crippen LogP contribution in [-0.2, 0) is 7.05 Å². The van der Waals surface area contributed by atoms with E-state index in [1.54, 1.807) is 14.0 Å². The van der Waals surface area contributed by atoms with Gasteiger partial charge in [0, 0.05) is 7.05 Å². The minimum atomic E-state index is 0.406. The summed E-state index contributed by atoms with van der Waals surface area (Å²) in [5, 5.41) is 13.6. The van der Waals surface area contributed by atoms with E-state index in [1.807, 2.05) is 6.07 Å². The predicted molar refractivity (Wildman–Crippen MR) is 50.4 cm³/mol. The summed E-state index contributed by atoms with van der Waals surface area (Å²) in [5.74, 6) is 0.694. The van der Waals surface area contributed by atoms with E-state index in [1.165, 1.54) is 16.2 Å². The molecule has 5 nitrogen and oxygen atoms in total. The molecule has 0 N–H and O–H groups in total. The van der Waals surface area contributed by atoms with Gasteiger partial charge in [-0.15, -0.1) is 0 Å². The van der Waals surface area contributed by atoms with Crippen LogP contribution in [0.4, 0.5) is 0 Å². The molecule has 0 bridgehead atoms. The summed E-state index contributed by atoms with van der Waals surface area (Å²) in [5.41, 5.74) is 0.962. The van der Waals surface area contributed by atoms with Crippen LogP contribution in [0.2, 0.25) is 0 Å². The monoisotopic (exact) mass is 204 g/mol. The van der Waals surface area contributed by atoms with Crippen molar-refractivity contribution in [3.63, 3.8) is 0 Å². The van der Waals surface area contributed by atoms with Crippen LogP contribution in [0.15, 0.2) is 0 Å². The molecular formula is C8H6N5S. The van der Waals surface area contributed by atoms with E-state index in [9.17, 15) is 0 Å². The number of hydrogen-bond acceptors (Lipinski definition) is 5. The Labute approximate surface area is 84.8 Å². The second-order valence-electron chi connectivity index (χ2n) is 2.72. The Morgan fingerprint density at radius 1 is 1.57 bits per heavy atom. The smallest absolute Gasteiger partial charge is 0.165 e. The number of aromatic nitrogens is 4. The van der Waals surface area contributed by atoms with Gasteiger partial charge < -0.3 is 0 Å². The fraction of sp³-hybridized carbons (Fsp3) is 0.250. The van der Waals surface area contributed by atoms with Crippen molar-refractivity contribution in [3.05, 3.63) is 17.6 Å². The highest BCUT2D eigenvalue weighted by Crippen LogP contribution is 2.22. The topological polar surface area (TPSA) is 67.4 Å². The van der Waals surface area contributed by atoms with Gasteiger partial charge in [0.05, 0.1) is 0 Å². The van der Waals surface area contributed by atoms with Crippen LogP contribution in [-0.4, -0.2) is 19.1 Å². The Hall–Kier alpha value is -1.74. The molecule has 0 aromatic carbocycles. The molecule has 69 valence electrons. The summed E-state index contributed by atoms with van der Waals surface area (Å²) in [6, 6.07) is 2.02. The molecule has 0 unspecified atom stereocenters. The van der Waals surface area contributed by atoms with Crippen molar-refractivity contribution in [2.75, 3.05) is 0 Å². The van der Waals surface area contributed by atoms with Gasteiger partial charge in [0.2, 0.25) is 0 Å². The van der Waals surface area contributed by atoms with Crippen molar-refractivity contribution < 1.29 is 0 Å². The van der Waals surface area contributed by atoms with Crippen LogP contribution < -0.4 is 0 Å². The van der Waals surface area contributed by atoms with Gasteiger partial charge in [0.1, 0.15) is 29.3 Å². The molecule has 0 amide bonds. The standard InChI is InChI=1S/C8H6N5S/c1-5-10-8(14-12-5)7-6(3-9)4-13(2)11-7/h1-2H3. The normalized spacial score (nSPS) is 10.1. The van der Waals surface area contributed by atoms with Crippen LogP contribution >= 0.6 is 11.5 Å². The minimum absolute atomic E-state index is 0.406. The quantitative estimate of drug-likeness (QED) is 0.692. The number of rotatable bonds is 1. The Balaban J connectivity index is 2.56. The molecule has 0 aliphatic carbocycles. The van der Waals surface area contributed by atoms with Gasteiger partial charge in [-0.1, -0.05) is 0 Å². The number of nitriles is 1. The van der Waals surface area contributed by atoms with Gasteiger partial charge in [-0.25, -0.2) is 4.98 Å². The predicted octanol–water partition coefficient (Wildman–Crippen LogP) is 0.919. The average Bonchev–Trinajstić information content (AvgIpc) is 2.71. The fourth-order valence-electron chi connectivity index (χ4n) is 1.06.